The summed E-state index contributed by atoms with van der Waals surface area (Å²) >= 11 is 6.17. The van der Waals surface area contributed by atoms with Gasteiger partial charge in [-0.05, 0) is 43.7 Å². The number of carbonyl (C=O) groups excluding carboxylic acids is 1. The molecule has 134 valence electrons. The molecule has 0 radical (unpaired) electrons. The highest BCUT2D eigenvalue weighted by Crippen LogP contribution is 2.26. The minimum absolute atomic E-state index is 0.0826. The summed E-state index contributed by atoms with van der Waals surface area (Å²) in [5.74, 6) is -0.0789. The maximum Gasteiger partial charge on any atom is 0.342 e. The van der Waals surface area contributed by atoms with Crippen LogP contribution in [0, 0.1) is 6.92 Å². The van der Waals surface area contributed by atoms with Gasteiger partial charge < -0.3 is 13.9 Å². The molecule has 0 amide bonds. The molecule has 0 atom stereocenters. The zero-order valence-electron chi connectivity index (χ0n) is 14.4. The van der Waals surface area contributed by atoms with Crippen molar-refractivity contribution in [2.45, 2.75) is 20.5 Å². The smallest absolute Gasteiger partial charge is 0.342 e. The standard InChI is InChI=1S/C20H17ClO5/c1-3-24-17-7-5-4-6-14(17)20(23)25-11-13-9-19(22)26-18-8-12(2)16(21)10-15(13)18/h4-10H,3,11H2,1-2H3. The van der Waals surface area contributed by atoms with Gasteiger partial charge in [-0.1, -0.05) is 23.7 Å². The number of esters is 1. The van der Waals surface area contributed by atoms with Crippen LogP contribution in [-0.2, 0) is 11.3 Å². The molecule has 6 heteroatoms. The number of rotatable bonds is 5. The number of carbonyl (C=O) groups is 1. The van der Waals surface area contributed by atoms with Crippen molar-refractivity contribution in [2.24, 2.45) is 0 Å². The molecule has 2 aromatic carbocycles. The van der Waals surface area contributed by atoms with Crippen molar-refractivity contribution in [3.63, 3.8) is 0 Å². The van der Waals surface area contributed by atoms with E-state index in [2.05, 4.69) is 0 Å². The minimum atomic E-state index is -0.534. The van der Waals surface area contributed by atoms with E-state index in [0.29, 0.717) is 39.5 Å². The molecular formula is C20H17ClO5. The van der Waals surface area contributed by atoms with Gasteiger partial charge in [-0.25, -0.2) is 9.59 Å². The van der Waals surface area contributed by atoms with E-state index in [0.717, 1.165) is 5.56 Å². The Labute approximate surface area is 155 Å². The Balaban J connectivity index is 1.89. The second kappa shape index (κ2) is 7.62. The van der Waals surface area contributed by atoms with Gasteiger partial charge in [0.2, 0.25) is 0 Å². The van der Waals surface area contributed by atoms with Gasteiger partial charge in [0, 0.05) is 22.0 Å². The average molecular weight is 373 g/mol. The summed E-state index contributed by atoms with van der Waals surface area (Å²) in [7, 11) is 0. The summed E-state index contributed by atoms with van der Waals surface area (Å²) < 4.78 is 16.0. The number of halogens is 1. The molecule has 5 nitrogen and oxygen atoms in total. The normalized spacial score (nSPS) is 10.7. The predicted molar refractivity (Wildman–Crippen MR) is 99.0 cm³/mol. The highest BCUT2D eigenvalue weighted by Gasteiger charge is 2.15. The lowest BCUT2D eigenvalue weighted by Crippen LogP contribution is -2.09. The minimum Gasteiger partial charge on any atom is -0.493 e. The van der Waals surface area contributed by atoms with Crippen LogP contribution >= 0.6 is 11.6 Å². The average Bonchev–Trinajstić information content (AvgIpc) is 2.61. The van der Waals surface area contributed by atoms with Crippen LogP contribution in [0.4, 0.5) is 0 Å². The summed E-state index contributed by atoms with van der Waals surface area (Å²) in [5.41, 5.74) is 1.54. The van der Waals surface area contributed by atoms with Crippen molar-refractivity contribution in [1.29, 1.82) is 0 Å². The molecule has 0 saturated carbocycles. The van der Waals surface area contributed by atoms with E-state index in [-0.39, 0.29) is 6.61 Å². The fourth-order valence-corrected chi connectivity index (χ4v) is 2.77. The Morgan fingerprint density at radius 1 is 1.19 bits per heavy atom. The monoisotopic (exact) mass is 372 g/mol. The van der Waals surface area contributed by atoms with Crippen molar-refractivity contribution in [3.8, 4) is 5.75 Å². The lowest BCUT2D eigenvalue weighted by molar-refractivity contribution is 0.0469. The van der Waals surface area contributed by atoms with E-state index >= 15 is 0 Å². The molecule has 1 heterocycles. The van der Waals surface area contributed by atoms with Gasteiger partial charge in [0.25, 0.3) is 0 Å². The third kappa shape index (κ3) is 3.73. The van der Waals surface area contributed by atoms with Gasteiger partial charge in [0.05, 0.1) is 6.61 Å². The lowest BCUT2D eigenvalue weighted by atomic mass is 10.1. The molecule has 0 unspecified atom stereocenters. The van der Waals surface area contributed by atoms with E-state index in [4.69, 9.17) is 25.5 Å². The van der Waals surface area contributed by atoms with Gasteiger partial charge in [0.1, 0.15) is 23.5 Å². The van der Waals surface area contributed by atoms with E-state index in [1.807, 2.05) is 13.8 Å². The van der Waals surface area contributed by atoms with Crippen LogP contribution in [0.5, 0.6) is 5.75 Å². The number of aryl methyl sites for hydroxylation is 1. The van der Waals surface area contributed by atoms with Crippen molar-refractivity contribution in [1.82, 2.24) is 0 Å². The van der Waals surface area contributed by atoms with E-state index in [1.54, 1.807) is 36.4 Å². The van der Waals surface area contributed by atoms with Crippen molar-refractivity contribution >= 4 is 28.5 Å². The first-order valence-electron chi connectivity index (χ1n) is 8.11. The third-order valence-electron chi connectivity index (χ3n) is 3.87. The summed E-state index contributed by atoms with van der Waals surface area (Å²) in [6.45, 7) is 4.01. The van der Waals surface area contributed by atoms with Gasteiger partial charge in [-0.15, -0.1) is 0 Å². The van der Waals surface area contributed by atoms with Crippen LogP contribution in [-0.4, -0.2) is 12.6 Å². The molecule has 0 bridgehead atoms. The van der Waals surface area contributed by atoms with Crippen LogP contribution in [0.25, 0.3) is 11.0 Å². The Kier molecular flexibility index (Phi) is 5.28. The largest absolute Gasteiger partial charge is 0.493 e. The fraction of sp³-hybridized carbons (Fsp3) is 0.200. The zero-order chi connectivity index (χ0) is 18.7. The molecule has 0 aliphatic carbocycles. The van der Waals surface area contributed by atoms with Crippen LogP contribution in [0.3, 0.4) is 0 Å². The first-order chi connectivity index (χ1) is 12.5. The summed E-state index contributed by atoms with van der Waals surface area (Å²) in [4.78, 5) is 24.2. The number of hydrogen-bond donors (Lipinski definition) is 0. The van der Waals surface area contributed by atoms with Crippen LogP contribution in [0.2, 0.25) is 5.02 Å². The van der Waals surface area contributed by atoms with Gasteiger partial charge in [-0.3, -0.25) is 0 Å². The van der Waals surface area contributed by atoms with E-state index in [1.165, 1.54) is 6.07 Å². The Hall–Kier alpha value is -2.79. The first-order valence-corrected chi connectivity index (χ1v) is 8.49. The third-order valence-corrected chi connectivity index (χ3v) is 4.28. The van der Waals surface area contributed by atoms with Crippen molar-refractivity contribution in [2.75, 3.05) is 6.61 Å². The highest BCUT2D eigenvalue weighted by atomic mass is 35.5. The molecule has 0 spiro atoms. The maximum atomic E-state index is 12.4. The number of para-hydroxylation sites is 1. The molecule has 0 N–H and O–H groups in total. The number of benzene rings is 2. The van der Waals surface area contributed by atoms with E-state index in [9.17, 15) is 9.59 Å². The maximum absolute atomic E-state index is 12.4. The second-order valence-electron chi connectivity index (χ2n) is 5.69. The second-order valence-corrected chi connectivity index (χ2v) is 6.10. The van der Waals surface area contributed by atoms with Gasteiger partial charge in [-0.2, -0.15) is 0 Å². The fourth-order valence-electron chi connectivity index (χ4n) is 2.61. The Bertz CT molecular complexity index is 1020. The molecule has 1 aromatic heterocycles. The zero-order valence-corrected chi connectivity index (χ0v) is 15.1. The van der Waals surface area contributed by atoms with Crippen molar-refractivity contribution in [3.05, 3.63) is 74.6 Å². The highest BCUT2D eigenvalue weighted by molar-refractivity contribution is 6.32. The quantitative estimate of drug-likeness (QED) is 0.487. The SMILES string of the molecule is CCOc1ccccc1C(=O)OCc1cc(=O)oc2cc(C)c(Cl)cc12. The van der Waals surface area contributed by atoms with Crippen LogP contribution in [0.1, 0.15) is 28.4 Å². The number of hydrogen-bond acceptors (Lipinski definition) is 5. The van der Waals surface area contributed by atoms with E-state index < -0.39 is 11.6 Å². The van der Waals surface area contributed by atoms with Gasteiger partial charge >= 0.3 is 11.6 Å². The molecule has 0 fully saturated rings. The topological polar surface area (TPSA) is 65.7 Å². The molecule has 0 aliphatic rings. The molecule has 0 aliphatic heterocycles. The van der Waals surface area contributed by atoms with Crippen molar-refractivity contribution < 1.29 is 18.7 Å². The number of ether oxygens (including phenoxy) is 2. The predicted octanol–water partition coefficient (Wildman–Crippen LogP) is 4.51. The summed E-state index contributed by atoms with van der Waals surface area (Å²) in [6, 6.07) is 11.5. The Morgan fingerprint density at radius 3 is 2.73 bits per heavy atom. The lowest BCUT2D eigenvalue weighted by Gasteiger charge is -2.11. The molecule has 26 heavy (non-hydrogen) atoms. The summed E-state index contributed by atoms with van der Waals surface area (Å²) in [5, 5.41) is 1.17. The first kappa shape index (κ1) is 18.0. The summed E-state index contributed by atoms with van der Waals surface area (Å²) in [6.07, 6.45) is 0. The van der Waals surface area contributed by atoms with Crippen LogP contribution < -0.4 is 10.4 Å². The molecular weight excluding hydrogens is 356 g/mol. The molecule has 0 saturated heterocycles. The van der Waals surface area contributed by atoms with Crippen LogP contribution in [0.15, 0.2) is 51.7 Å². The van der Waals surface area contributed by atoms with Gasteiger partial charge in [0.15, 0.2) is 0 Å². The number of fused-ring (bicyclic) bond motifs is 1. The molecule has 3 aromatic rings. The Morgan fingerprint density at radius 2 is 1.96 bits per heavy atom. The molecule has 3 rings (SSSR count).